The van der Waals surface area contributed by atoms with E-state index < -0.39 is 29.8 Å². The topological polar surface area (TPSA) is 73.9 Å². The van der Waals surface area contributed by atoms with Gasteiger partial charge in [-0.05, 0) is 47.5 Å². The Hall–Kier alpha value is -1.30. The fourth-order valence-electron chi connectivity index (χ4n) is 1.74. The van der Waals surface area contributed by atoms with Gasteiger partial charge in [0, 0.05) is 0 Å². The van der Waals surface area contributed by atoms with E-state index in [1.807, 2.05) is 6.92 Å². The predicted molar refractivity (Wildman–Crippen MR) is 73.4 cm³/mol. The molecule has 1 fully saturated rings. The van der Waals surface area contributed by atoms with Crippen LogP contribution in [-0.4, -0.2) is 42.5 Å². The Balaban J connectivity index is 2.64. The van der Waals surface area contributed by atoms with Crippen LogP contribution in [0.4, 0.5) is 4.79 Å². The first-order chi connectivity index (χ1) is 9.06. The Kier molecular flexibility index (Phi) is 5.02. The Morgan fingerprint density at radius 1 is 1.25 bits per heavy atom. The van der Waals surface area contributed by atoms with Gasteiger partial charge in [-0.2, -0.15) is 0 Å². The van der Waals surface area contributed by atoms with E-state index >= 15 is 0 Å². The molecule has 2 atom stereocenters. The number of nitrogens with one attached hydrogen (secondary N) is 1. The first kappa shape index (κ1) is 16.8. The smallest absolute Gasteiger partial charge is 0.408 e. The molecule has 1 aliphatic carbocycles. The third kappa shape index (κ3) is 5.36. The van der Waals surface area contributed by atoms with E-state index in [0.29, 0.717) is 0 Å². The van der Waals surface area contributed by atoms with Gasteiger partial charge in [0.1, 0.15) is 5.60 Å². The van der Waals surface area contributed by atoms with Crippen LogP contribution < -0.4 is 5.32 Å². The SMILES string of the molecule is COC(=O)[C@@H](NC(=O)OC(C)(C)C)[C@@H](C)OC1(C)CC1. The van der Waals surface area contributed by atoms with Crippen LogP contribution in [0.15, 0.2) is 0 Å². The second-order valence-corrected chi connectivity index (χ2v) is 6.42. The molecule has 0 aromatic rings. The largest absolute Gasteiger partial charge is 0.467 e. The highest BCUT2D eigenvalue weighted by Crippen LogP contribution is 2.40. The monoisotopic (exact) mass is 287 g/mol. The summed E-state index contributed by atoms with van der Waals surface area (Å²) in [7, 11) is 1.28. The average molecular weight is 287 g/mol. The number of esters is 1. The summed E-state index contributed by atoms with van der Waals surface area (Å²) in [6.45, 7) is 8.98. The standard InChI is InChI=1S/C14H25NO5/c1-9(19-14(5)7-8-14)10(11(16)18-6)15-12(17)20-13(2,3)4/h9-10H,7-8H2,1-6H3,(H,15,17)/t9-,10+/m1/s1. The van der Waals surface area contributed by atoms with E-state index in [2.05, 4.69) is 5.32 Å². The van der Waals surface area contributed by atoms with Crippen LogP contribution in [0.5, 0.6) is 0 Å². The lowest BCUT2D eigenvalue weighted by molar-refractivity contribution is -0.149. The molecule has 1 rings (SSSR count). The Morgan fingerprint density at radius 3 is 2.20 bits per heavy atom. The summed E-state index contributed by atoms with van der Waals surface area (Å²) in [5, 5.41) is 2.51. The lowest BCUT2D eigenvalue weighted by Gasteiger charge is -2.27. The average Bonchev–Trinajstić information content (AvgIpc) is 3.00. The second-order valence-electron chi connectivity index (χ2n) is 6.42. The van der Waals surface area contributed by atoms with Crippen LogP contribution in [0.3, 0.4) is 0 Å². The maximum atomic E-state index is 11.8. The van der Waals surface area contributed by atoms with E-state index in [1.165, 1.54) is 7.11 Å². The van der Waals surface area contributed by atoms with Crippen molar-refractivity contribution in [3.63, 3.8) is 0 Å². The van der Waals surface area contributed by atoms with Crippen molar-refractivity contribution in [2.75, 3.05) is 7.11 Å². The summed E-state index contributed by atoms with van der Waals surface area (Å²) in [6, 6.07) is -0.882. The van der Waals surface area contributed by atoms with E-state index in [-0.39, 0.29) is 5.60 Å². The lowest BCUT2D eigenvalue weighted by Crippen LogP contribution is -2.51. The summed E-state index contributed by atoms with van der Waals surface area (Å²) < 4.78 is 15.6. The molecule has 0 aliphatic heterocycles. The van der Waals surface area contributed by atoms with Crippen molar-refractivity contribution in [2.45, 2.75) is 70.8 Å². The molecule has 0 radical (unpaired) electrons. The molecule has 0 saturated heterocycles. The Morgan fingerprint density at radius 2 is 1.80 bits per heavy atom. The molecular weight excluding hydrogens is 262 g/mol. The van der Waals surface area contributed by atoms with Crippen LogP contribution in [0.2, 0.25) is 0 Å². The van der Waals surface area contributed by atoms with Crippen molar-refractivity contribution in [3.8, 4) is 0 Å². The van der Waals surface area contributed by atoms with Gasteiger partial charge in [-0.25, -0.2) is 9.59 Å². The number of carbonyl (C=O) groups is 2. The normalized spacial score (nSPS) is 19.7. The van der Waals surface area contributed by atoms with Crippen molar-refractivity contribution >= 4 is 12.1 Å². The van der Waals surface area contributed by atoms with Gasteiger partial charge in [0.2, 0.25) is 0 Å². The lowest BCUT2D eigenvalue weighted by atomic mass is 10.1. The number of methoxy groups -OCH3 is 1. The highest BCUT2D eigenvalue weighted by atomic mass is 16.6. The Bertz CT molecular complexity index is 370. The van der Waals surface area contributed by atoms with Gasteiger partial charge in [-0.15, -0.1) is 0 Å². The van der Waals surface area contributed by atoms with Crippen molar-refractivity contribution in [2.24, 2.45) is 0 Å². The molecule has 6 heteroatoms. The van der Waals surface area contributed by atoms with E-state index in [9.17, 15) is 9.59 Å². The molecule has 1 amide bonds. The van der Waals surface area contributed by atoms with Crippen molar-refractivity contribution < 1.29 is 23.8 Å². The molecule has 1 aliphatic rings. The minimum atomic E-state index is -0.882. The minimum absolute atomic E-state index is 0.193. The molecule has 0 heterocycles. The molecule has 0 bridgehead atoms. The summed E-state index contributed by atoms with van der Waals surface area (Å²) in [6.07, 6.45) is 0.766. The van der Waals surface area contributed by atoms with Crippen LogP contribution >= 0.6 is 0 Å². The second kappa shape index (κ2) is 5.99. The minimum Gasteiger partial charge on any atom is -0.467 e. The number of carbonyl (C=O) groups excluding carboxylic acids is 2. The van der Waals surface area contributed by atoms with Crippen LogP contribution in [0.25, 0.3) is 0 Å². The first-order valence-electron chi connectivity index (χ1n) is 6.81. The van der Waals surface area contributed by atoms with Crippen molar-refractivity contribution in [1.29, 1.82) is 0 Å². The van der Waals surface area contributed by atoms with E-state index in [1.54, 1.807) is 27.7 Å². The quantitative estimate of drug-likeness (QED) is 0.783. The van der Waals surface area contributed by atoms with Gasteiger partial charge in [0.15, 0.2) is 6.04 Å². The zero-order valence-electron chi connectivity index (χ0n) is 13.1. The maximum Gasteiger partial charge on any atom is 0.408 e. The molecule has 0 aromatic carbocycles. The molecule has 0 aromatic heterocycles. The summed E-state index contributed by atoms with van der Waals surface area (Å²) >= 11 is 0. The van der Waals surface area contributed by atoms with Crippen molar-refractivity contribution in [1.82, 2.24) is 5.32 Å². The summed E-state index contributed by atoms with van der Waals surface area (Å²) in [5.74, 6) is -0.549. The fraction of sp³-hybridized carbons (Fsp3) is 0.857. The molecule has 0 unspecified atom stereocenters. The van der Waals surface area contributed by atoms with E-state index in [0.717, 1.165) is 12.8 Å². The number of hydrogen-bond donors (Lipinski definition) is 1. The molecular formula is C14H25NO5. The van der Waals surface area contributed by atoms with Crippen LogP contribution in [0, 0.1) is 0 Å². The number of ether oxygens (including phenoxy) is 3. The molecule has 116 valence electrons. The molecule has 20 heavy (non-hydrogen) atoms. The third-order valence-corrected chi connectivity index (χ3v) is 3.02. The van der Waals surface area contributed by atoms with Gasteiger partial charge in [0.25, 0.3) is 0 Å². The van der Waals surface area contributed by atoms with E-state index in [4.69, 9.17) is 14.2 Å². The maximum absolute atomic E-state index is 11.8. The molecule has 0 spiro atoms. The summed E-state index contributed by atoms with van der Waals surface area (Å²) in [5.41, 5.74) is -0.821. The molecule has 6 nitrogen and oxygen atoms in total. The number of rotatable bonds is 5. The van der Waals surface area contributed by atoms with Crippen LogP contribution in [-0.2, 0) is 19.0 Å². The van der Waals surface area contributed by atoms with Gasteiger partial charge >= 0.3 is 12.1 Å². The van der Waals surface area contributed by atoms with Crippen LogP contribution in [0.1, 0.15) is 47.5 Å². The highest BCUT2D eigenvalue weighted by molar-refractivity contribution is 5.82. The third-order valence-electron chi connectivity index (χ3n) is 3.02. The van der Waals surface area contributed by atoms with Gasteiger partial charge < -0.3 is 19.5 Å². The number of alkyl carbamates (subject to hydrolysis) is 1. The summed E-state index contributed by atoms with van der Waals surface area (Å²) in [4.78, 5) is 23.6. The number of hydrogen-bond acceptors (Lipinski definition) is 5. The van der Waals surface area contributed by atoms with Gasteiger partial charge in [-0.1, -0.05) is 0 Å². The Labute approximate surface area is 120 Å². The number of amides is 1. The molecule has 1 saturated carbocycles. The first-order valence-corrected chi connectivity index (χ1v) is 6.81. The fourth-order valence-corrected chi connectivity index (χ4v) is 1.74. The highest BCUT2D eigenvalue weighted by Gasteiger charge is 2.43. The van der Waals surface area contributed by atoms with Gasteiger partial charge in [0.05, 0.1) is 18.8 Å². The van der Waals surface area contributed by atoms with Crippen molar-refractivity contribution in [3.05, 3.63) is 0 Å². The zero-order valence-corrected chi connectivity index (χ0v) is 13.1. The molecule has 1 N–H and O–H groups in total. The predicted octanol–water partition coefficient (Wildman–Crippen LogP) is 2.01. The van der Waals surface area contributed by atoms with Gasteiger partial charge in [-0.3, -0.25) is 0 Å². The zero-order chi connectivity index (χ0) is 15.6.